The quantitative estimate of drug-likeness (QED) is 0.357. The number of nitrogens with one attached hydrogen (secondary N) is 2. The van der Waals surface area contributed by atoms with Crippen LogP contribution in [0.15, 0.2) is 0 Å². The number of hydrogen-bond donors (Lipinski definition) is 4. The molecule has 94 valence electrons. The monoisotopic (exact) mass is 229 g/mol. The van der Waals surface area contributed by atoms with E-state index in [0.717, 1.165) is 32.6 Å². The lowest BCUT2D eigenvalue weighted by Gasteiger charge is -2.17. The molecule has 0 aromatic carbocycles. The number of carbonyl (C=O) groups excluding carboxylic acids is 1. The van der Waals surface area contributed by atoms with E-state index in [0.29, 0.717) is 19.8 Å². The zero-order valence-corrected chi connectivity index (χ0v) is 9.74. The molecule has 6 N–H and O–H groups in total. The molecule has 6 nitrogen and oxygen atoms in total. The van der Waals surface area contributed by atoms with Gasteiger partial charge < -0.3 is 21.7 Å². The number of likely N-dealkylation sites (tertiary alicyclic amines) is 1. The summed E-state index contributed by atoms with van der Waals surface area (Å²) in [6.07, 6.45) is 0.931. The Hall–Kier alpha value is -0.690. The molecule has 1 fully saturated rings. The lowest BCUT2D eigenvalue weighted by atomic mass is 10.1. The fourth-order valence-electron chi connectivity index (χ4n) is 1.84. The highest BCUT2D eigenvalue weighted by Gasteiger charge is 2.30. The fraction of sp³-hybridized carbons (Fsp3) is 0.900. The molecule has 1 unspecified atom stereocenters. The van der Waals surface area contributed by atoms with Crippen molar-refractivity contribution in [2.24, 2.45) is 17.4 Å². The molecular formula is C10H23N5O. The van der Waals surface area contributed by atoms with E-state index in [1.54, 1.807) is 0 Å². The molecule has 16 heavy (non-hydrogen) atoms. The van der Waals surface area contributed by atoms with Crippen molar-refractivity contribution in [3.63, 3.8) is 0 Å². The summed E-state index contributed by atoms with van der Waals surface area (Å²) in [6, 6.07) is 0. The number of carbonyl (C=O) groups is 1. The lowest BCUT2D eigenvalue weighted by molar-refractivity contribution is -0.131. The number of nitrogens with two attached hydrogens (primary N) is 2. The molecule has 1 rings (SSSR count). The molecule has 1 saturated heterocycles. The van der Waals surface area contributed by atoms with Gasteiger partial charge in [-0.25, -0.2) is 0 Å². The molecule has 1 atom stereocenters. The van der Waals surface area contributed by atoms with Crippen molar-refractivity contribution in [2.45, 2.75) is 6.42 Å². The second-order valence-electron chi connectivity index (χ2n) is 4.03. The highest BCUT2D eigenvalue weighted by Crippen LogP contribution is 2.16. The van der Waals surface area contributed by atoms with Crippen molar-refractivity contribution in [2.75, 3.05) is 45.9 Å². The maximum atomic E-state index is 11.9. The van der Waals surface area contributed by atoms with Crippen LogP contribution >= 0.6 is 0 Å². The molecule has 0 radical (unpaired) electrons. The van der Waals surface area contributed by atoms with Crippen LogP contribution in [0.1, 0.15) is 6.42 Å². The summed E-state index contributed by atoms with van der Waals surface area (Å²) >= 11 is 0. The topological polar surface area (TPSA) is 96.4 Å². The first-order valence-electron chi connectivity index (χ1n) is 5.90. The standard InChI is InChI=1S/C10H23N5O/c11-2-4-13-7-9-1-6-15(10(9)16)8-14-5-3-12/h9,13-14H,1-8,11-12H2. The average molecular weight is 229 g/mol. The van der Waals surface area contributed by atoms with E-state index >= 15 is 0 Å². The Balaban J connectivity index is 2.19. The van der Waals surface area contributed by atoms with Gasteiger partial charge in [-0.1, -0.05) is 0 Å². The van der Waals surface area contributed by atoms with Gasteiger partial charge in [0.15, 0.2) is 0 Å². The first-order valence-corrected chi connectivity index (χ1v) is 5.90. The third-order valence-corrected chi connectivity index (χ3v) is 2.74. The van der Waals surface area contributed by atoms with E-state index in [-0.39, 0.29) is 11.8 Å². The van der Waals surface area contributed by atoms with Gasteiger partial charge in [0, 0.05) is 39.3 Å². The highest BCUT2D eigenvalue weighted by molar-refractivity contribution is 5.81. The Kier molecular flexibility index (Phi) is 6.32. The normalized spacial score (nSPS) is 20.8. The van der Waals surface area contributed by atoms with Gasteiger partial charge in [0.1, 0.15) is 0 Å². The molecule has 0 aromatic heterocycles. The molecule has 1 heterocycles. The van der Waals surface area contributed by atoms with E-state index < -0.39 is 0 Å². The van der Waals surface area contributed by atoms with Crippen molar-refractivity contribution in [1.82, 2.24) is 15.5 Å². The lowest BCUT2D eigenvalue weighted by Crippen LogP contribution is -2.39. The van der Waals surface area contributed by atoms with Crippen LogP contribution in [-0.2, 0) is 4.79 Å². The van der Waals surface area contributed by atoms with Gasteiger partial charge in [-0.05, 0) is 6.42 Å². The van der Waals surface area contributed by atoms with Gasteiger partial charge >= 0.3 is 0 Å². The third-order valence-electron chi connectivity index (χ3n) is 2.74. The van der Waals surface area contributed by atoms with Crippen LogP contribution in [0.5, 0.6) is 0 Å². The first-order chi connectivity index (χ1) is 7.79. The Morgan fingerprint density at radius 2 is 1.94 bits per heavy atom. The van der Waals surface area contributed by atoms with Gasteiger partial charge in [-0.3, -0.25) is 10.1 Å². The fourth-order valence-corrected chi connectivity index (χ4v) is 1.84. The van der Waals surface area contributed by atoms with Crippen LogP contribution in [0, 0.1) is 5.92 Å². The molecule has 1 aliphatic heterocycles. The van der Waals surface area contributed by atoms with E-state index in [9.17, 15) is 4.79 Å². The van der Waals surface area contributed by atoms with Crippen molar-refractivity contribution in [1.29, 1.82) is 0 Å². The molecule has 1 amide bonds. The predicted octanol–water partition coefficient (Wildman–Crippen LogP) is -2.11. The molecule has 1 aliphatic rings. The zero-order chi connectivity index (χ0) is 11.8. The second kappa shape index (κ2) is 7.56. The molecule has 6 heteroatoms. The highest BCUT2D eigenvalue weighted by atomic mass is 16.2. The van der Waals surface area contributed by atoms with E-state index in [1.165, 1.54) is 0 Å². The van der Waals surface area contributed by atoms with Crippen LogP contribution in [0.3, 0.4) is 0 Å². The molecule has 0 aromatic rings. The maximum absolute atomic E-state index is 11.9. The van der Waals surface area contributed by atoms with Crippen molar-refractivity contribution in [3.8, 4) is 0 Å². The summed E-state index contributed by atoms with van der Waals surface area (Å²) in [5, 5.41) is 6.32. The van der Waals surface area contributed by atoms with Crippen molar-refractivity contribution >= 4 is 5.91 Å². The van der Waals surface area contributed by atoms with Crippen molar-refractivity contribution < 1.29 is 4.79 Å². The number of nitrogens with zero attached hydrogens (tertiary/aromatic N) is 1. The Morgan fingerprint density at radius 3 is 2.62 bits per heavy atom. The van der Waals surface area contributed by atoms with Crippen LogP contribution in [0.25, 0.3) is 0 Å². The zero-order valence-electron chi connectivity index (χ0n) is 9.74. The minimum Gasteiger partial charge on any atom is -0.330 e. The van der Waals surface area contributed by atoms with E-state index in [4.69, 9.17) is 11.5 Å². The Morgan fingerprint density at radius 1 is 1.25 bits per heavy atom. The van der Waals surface area contributed by atoms with Crippen LogP contribution < -0.4 is 22.1 Å². The largest absolute Gasteiger partial charge is 0.330 e. The predicted molar refractivity (Wildman–Crippen MR) is 63.7 cm³/mol. The van der Waals surface area contributed by atoms with E-state index in [2.05, 4.69) is 10.6 Å². The summed E-state index contributed by atoms with van der Waals surface area (Å²) in [7, 11) is 0. The summed E-state index contributed by atoms with van der Waals surface area (Å²) in [5.74, 6) is 0.347. The second-order valence-corrected chi connectivity index (χ2v) is 4.03. The third kappa shape index (κ3) is 4.05. The Bertz CT molecular complexity index is 191. The minimum atomic E-state index is 0.117. The van der Waals surface area contributed by atoms with Gasteiger partial charge in [0.05, 0.1) is 12.6 Å². The average Bonchev–Trinajstić information content (AvgIpc) is 2.62. The minimum absolute atomic E-state index is 0.117. The number of amides is 1. The van der Waals surface area contributed by atoms with Gasteiger partial charge in [-0.2, -0.15) is 0 Å². The van der Waals surface area contributed by atoms with Crippen LogP contribution in [0.2, 0.25) is 0 Å². The summed E-state index contributed by atoms with van der Waals surface area (Å²) in [5.41, 5.74) is 10.7. The van der Waals surface area contributed by atoms with Gasteiger partial charge in [-0.15, -0.1) is 0 Å². The molecule has 0 spiro atoms. The molecular weight excluding hydrogens is 206 g/mol. The van der Waals surface area contributed by atoms with E-state index in [1.807, 2.05) is 4.90 Å². The van der Waals surface area contributed by atoms with Crippen LogP contribution in [0.4, 0.5) is 0 Å². The Labute approximate surface area is 96.7 Å². The molecule has 0 saturated carbocycles. The first kappa shape index (κ1) is 13.4. The van der Waals surface area contributed by atoms with Crippen LogP contribution in [-0.4, -0.2) is 56.7 Å². The summed E-state index contributed by atoms with van der Waals surface area (Å²) in [4.78, 5) is 13.7. The van der Waals surface area contributed by atoms with Gasteiger partial charge in [0.2, 0.25) is 5.91 Å². The summed E-state index contributed by atoms with van der Waals surface area (Å²) < 4.78 is 0. The van der Waals surface area contributed by atoms with Crippen molar-refractivity contribution in [3.05, 3.63) is 0 Å². The smallest absolute Gasteiger partial charge is 0.228 e. The SMILES string of the molecule is NCCNCC1CCN(CNCCN)C1=O. The number of rotatable bonds is 8. The molecule has 0 aliphatic carbocycles. The number of hydrogen-bond acceptors (Lipinski definition) is 5. The summed E-state index contributed by atoms with van der Waals surface area (Å²) in [6.45, 7) is 4.93. The van der Waals surface area contributed by atoms with Gasteiger partial charge in [0.25, 0.3) is 0 Å². The molecule has 0 bridgehead atoms. The maximum Gasteiger partial charge on any atom is 0.228 e.